The molecule has 1 fully saturated rings. The van der Waals surface area contributed by atoms with E-state index in [0.717, 1.165) is 22.6 Å². The summed E-state index contributed by atoms with van der Waals surface area (Å²) < 4.78 is 0. The van der Waals surface area contributed by atoms with Crippen molar-refractivity contribution in [1.29, 1.82) is 0 Å². The van der Waals surface area contributed by atoms with Crippen LogP contribution in [-0.4, -0.2) is 28.3 Å². The summed E-state index contributed by atoms with van der Waals surface area (Å²) in [5.41, 5.74) is 9.09. The third-order valence-corrected chi connectivity index (χ3v) is 6.04. The number of carbonyl (C=O) groups is 1. The lowest BCUT2D eigenvalue weighted by atomic mass is 9.79. The Morgan fingerprint density at radius 1 is 1.32 bits per heavy atom. The van der Waals surface area contributed by atoms with Crippen LogP contribution in [0.4, 0.5) is 11.5 Å². The molecule has 4 rings (SSSR count). The number of hydrogen-bond acceptors (Lipinski definition) is 5. The van der Waals surface area contributed by atoms with E-state index in [1.165, 1.54) is 12.8 Å². The number of nitrogens with zero attached hydrogens (tertiary/aromatic N) is 2. The molecule has 2 aliphatic rings. The second kappa shape index (κ2) is 7.09. The number of nitrogens with two attached hydrogens (primary N) is 1. The van der Waals surface area contributed by atoms with Crippen molar-refractivity contribution >= 4 is 17.4 Å². The van der Waals surface area contributed by atoms with E-state index in [-0.39, 0.29) is 18.0 Å². The number of carbonyl (C=O) groups excluding carboxylic acids is 1. The molecule has 0 radical (unpaired) electrons. The van der Waals surface area contributed by atoms with Gasteiger partial charge in [-0.25, -0.2) is 4.98 Å². The van der Waals surface area contributed by atoms with Crippen LogP contribution in [0.25, 0.3) is 0 Å². The van der Waals surface area contributed by atoms with Crippen LogP contribution >= 0.6 is 0 Å². The number of pyridine rings is 1. The highest BCUT2D eigenvalue weighted by Gasteiger charge is 2.47. The number of amides is 1. The maximum atomic E-state index is 11.8. The fourth-order valence-corrected chi connectivity index (χ4v) is 4.61. The average molecular weight is 380 g/mol. The van der Waals surface area contributed by atoms with Gasteiger partial charge in [0, 0.05) is 29.4 Å². The number of nitrogens with one attached hydrogen (secondary N) is 1. The van der Waals surface area contributed by atoms with Crippen molar-refractivity contribution < 1.29 is 9.90 Å². The van der Waals surface area contributed by atoms with Gasteiger partial charge in [-0.3, -0.25) is 4.79 Å². The van der Waals surface area contributed by atoms with Crippen LogP contribution in [-0.2, 0) is 0 Å². The topological polar surface area (TPSA) is 91.5 Å². The van der Waals surface area contributed by atoms with Crippen molar-refractivity contribution in [3.63, 3.8) is 0 Å². The summed E-state index contributed by atoms with van der Waals surface area (Å²) in [6, 6.07) is 9.73. The summed E-state index contributed by atoms with van der Waals surface area (Å²) in [7, 11) is 0. The van der Waals surface area contributed by atoms with E-state index < -0.39 is 12.1 Å². The van der Waals surface area contributed by atoms with Gasteiger partial charge in [-0.15, -0.1) is 0 Å². The minimum atomic E-state index is -0.607. The van der Waals surface area contributed by atoms with Gasteiger partial charge >= 0.3 is 0 Å². The van der Waals surface area contributed by atoms with E-state index in [9.17, 15) is 9.90 Å². The number of fused-ring (bicyclic) bond motifs is 1. The molecule has 6 nitrogen and oxygen atoms in total. The van der Waals surface area contributed by atoms with Crippen molar-refractivity contribution in [2.45, 2.75) is 51.9 Å². The maximum absolute atomic E-state index is 11.8. The molecule has 1 saturated carbocycles. The third-order valence-electron chi connectivity index (χ3n) is 6.04. The standard InChI is InChI=1S/C22H28N4O2/c1-12-8-9-24-19(10-12)25-20-13(2)21(15-4-5-15)26(14(3)27)18-7-6-16(22(23)28)11-17(18)20/h6-11,13-15,20-21,27H,4-5H2,1-3H3,(H2,23,28)(H,24,25)/t13-,14?,20-,21-/m1/s1. The number of aryl methyl sites for hydroxylation is 1. The van der Waals surface area contributed by atoms with E-state index >= 15 is 0 Å². The zero-order valence-electron chi connectivity index (χ0n) is 16.6. The van der Waals surface area contributed by atoms with Gasteiger partial charge in [-0.05, 0) is 74.1 Å². The van der Waals surface area contributed by atoms with Gasteiger partial charge in [0.1, 0.15) is 12.0 Å². The summed E-state index contributed by atoms with van der Waals surface area (Å²) in [4.78, 5) is 18.4. The highest BCUT2D eigenvalue weighted by atomic mass is 16.3. The summed E-state index contributed by atoms with van der Waals surface area (Å²) in [6.45, 7) is 6.06. The Labute approximate surface area is 165 Å². The summed E-state index contributed by atoms with van der Waals surface area (Å²) in [6.07, 6.45) is 3.56. The molecule has 148 valence electrons. The van der Waals surface area contributed by atoms with Crippen molar-refractivity contribution in [2.24, 2.45) is 17.6 Å². The first-order valence-corrected chi connectivity index (χ1v) is 9.96. The first kappa shape index (κ1) is 18.7. The first-order chi connectivity index (χ1) is 13.4. The SMILES string of the molecule is Cc1ccnc(N[C@H]2c3cc(C(N)=O)ccc3N(C(C)O)[C@@H](C3CC3)[C@@H]2C)c1. The van der Waals surface area contributed by atoms with E-state index in [1.54, 1.807) is 12.3 Å². The number of aromatic nitrogens is 1. The van der Waals surface area contributed by atoms with Gasteiger partial charge in [-0.2, -0.15) is 0 Å². The van der Waals surface area contributed by atoms with Crippen LogP contribution in [0.1, 0.15) is 54.2 Å². The van der Waals surface area contributed by atoms with E-state index in [2.05, 4.69) is 22.1 Å². The molecule has 28 heavy (non-hydrogen) atoms. The van der Waals surface area contributed by atoms with Crippen LogP contribution < -0.4 is 16.0 Å². The first-order valence-electron chi connectivity index (χ1n) is 9.96. The molecule has 1 unspecified atom stereocenters. The normalized spacial score (nSPS) is 25.1. The molecular formula is C22H28N4O2. The molecule has 1 aromatic heterocycles. The van der Waals surface area contributed by atoms with Crippen molar-refractivity contribution in [3.05, 3.63) is 53.2 Å². The van der Waals surface area contributed by atoms with Crippen LogP contribution in [0.5, 0.6) is 0 Å². The Balaban J connectivity index is 1.82. The number of primary amides is 1. The van der Waals surface area contributed by atoms with E-state index in [0.29, 0.717) is 11.5 Å². The Morgan fingerprint density at radius 3 is 2.68 bits per heavy atom. The van der Waals surface area contributed by atoms with Crippen LogP contribution in [0.3, 0.4) is 0 Å². The third kappa shape index (κ3) is 3.33. The van der Waals surface area contributed by atoms with E-state index in [1.807, 2.05) is 38.1 Å². The average Bonchev–Trinajstić information content (AvgIpc) is 3.47. The molecule has 6 heteroatoms. The van der Waals surface area contributed by atoms with Gasteiger partial charge < -0.3 is 21.1 Å². The number of benzene rings is 1. The van der Waals surface area contributed by atoms with E-state index in [4.69, 9.17) is 5.73 Å². The van der Waals surface area contributed by atoms with Gasteiger partial charge in [0.25, 0.3) is 0 Å². The highest BCUT2D eigenvalue weighted by Crippen LogP contribution is 2.50. The molecule has 2 heterocycles. The lowest BCUT2D eigenvalue weighted by Crippen LogP contribution is -2.52. The molecule has 4 N–H and O–H groups in total. The highest BCUT2D eigenvalue weighted by molar-refractivity contribution is 5.93. The quantitative estimate of drug-likeness (QED) is 0.741. The monoisotopic (exact) mass is 380 g/mol. The number of anilines is 2. The second-order valence-corrected chi connectivity index (χ2v) is 8.20. The summed E-state index contributed by atoms with van der Waals surface area (Å²) in [5.74, 6) is 1.16. The Kier molecular flexibility index (Phi) is 4.75. The predicted octanol–water partition coefficient (Wildman–Crippen LogP) is 3.22. The van der Waals surface area contributed by atoms with Gasteiger partial charge in [0.2, 0.25) is 5.91 Å². The molecule has 1 amide bonds. The van der Waals surface area contributed by atoms with Crippen molar-refractivity contribution in [1.82, 2.24) is 4.98 Å². The molecule has 1 aromatic carbocycles. The van der Waals surface area contributed by atoms with Crippen LogP contribution in [0.15, 0.2) is 36.5 Å². The zero-order valence-corrected chi connectivity index (χ0v) is 16.6. The van der Waals surface area contributed by atoms with Crippen molar-refractivity contribution in [3.8, 4) is 0 Å². The summed E-state index contributed by atoms with van der Waals surface area (Å²) >= 11 is 0. The fraction of sp³-hybridized carbons (Fsp3) is 0.455. The smallest absolute Gasteiger partial charge is 0.248 e. The molecule has 2 aromatic rings. The lowest BCUT2D eigenvalue weighted by Gasteiger charge is -2.48. The molecular weight excluding hydrogens is 352 g/mol. The predicted molar refractivity (Wildman–Crippen MR) is 110 cm³/mol. The molecule has 4 atom stereocenters. The second-order valence-electron chi connectivity index (χ2n) is 8.20. The fourth-order valence-electron chi connectivity index (χ4n) is 4.61. The lowest BCUT2D eigenvalue weighted by molar-refractivity contribution is 0.1000. The molecule has 1 aliphatic heterocycles. The Bertz CT molecular complexity index is 894. The number of aliphatic hydroxyl groups excluding tert-OH is 1. The van der Waals surface area contributed by atoms with Crippen LogP contribution in [0.2, 0.25) is 0 Å². The minimum Gasteiger partial charge on any atom is -0.374 e. The number of rotatable bonds is 5. The maximum Gasteiger partial charge on any atom is 0.248 e. The molecule has 0 spiro atoms. The largest absolute Gasteiger partial charge is 0.374 e. The number of aliphatic hydroxyl groups is 1. The van der Waals surface area contributed by atoms with Crippen molar-refractivity contribution in [2.75, 3.05) is 10.2 Å². The molecule has 1 aliphatic carbocycles. The zero-order chi connectivity index (χ0) is 20.0. The van der Waals surface area contributed by atoms with Gasteiger partial charge in [0.15, 0.2) is 0 Å². The minimum absolute atomic E-state index is 0.0239. The molecule has 0 saturated heterocycles. The van der Waals surface area contributed by atoms with Gasteiger partial charge in [0.05, 0.1) is 6.04 Å². The van der Waals surface area contributed by atoms with Gasteiger partial charge in [-0.1, -0.05) is 6.92 Å². The summed E-state index contributed by atoms with van der Waals surface area (Å²) in [5, 5.41) is 14.2. The Hall–Kier alpha value is -2.60. The molecule has 0 bridgehead atoms. The Morgan fingerprint density at radius 2 is 2.07 bits per heavy atom. The number of hydrogen-bond donors (Lipinski definition) is 3. The van der Waals surface area contributed by atoms with Crippen LogP contribution in [0, 0.1) is 18.8 Å².